The normalized spacial score (nSPS) is 22.8. The number of rotatable bonds is 4. The third-order valence-corrected chi connectivity index (χ3v) is 3.49. The first-order valence-corrected chi connectivity index (χ1v) is 7.87. The van der Waals surface area contributed by atoms with E-state index in [1.54, 1.807) is 45.9 Å². The molecule has 1 aliphatic rings. The summed E-state index contributed by atoms with van der Waals surface area (Å²) in [6, 6.07) is 6.02. The predicted molar refractivity (Wildman–Crippen MR) is 88.7 cm³/mol. The van der Waals surface area contributed by atoms with Crippen molar-refractivity contribution in [1.82, 2.24) is 0 Å². The molecule has 1 heterocycles. The van der Waals surface area contributed by atoms with Gasteiger partial charge in [0.1, 0.15) is 5.60 Å². The Kier molecular flexibility index (Phi) is 4.96. The Labute approximate surface area is 141 Å². The lowest BCUT2D eigenvalue weighted by Crippen LogP contribution is -2.51. The summed E-state index contributed by atoms with van der Waals surface area (Å²) >= 11 is 0. The highest BCUT2D eigenvalue weighted by Crippen LogP contribution is 2.37. The molecule has 0 fully saturated rings. The van der Waals surface area contributed by atoms with Gasteiger partial charge in [-0.1, -0.05) is 29.8 Å². The van der Waals surface area contributed by atoms with Crippen LogP contribution >= 0.6 is 0 Å². The number of hydrogen-bond donors (Lipinski definition) is 0. The predicted octanol–water partition coefficient (Wildman–Crippen LogP) is 2.52. The van der Waals surface area contributed by atoms with Gasteiger partial charge in [0.15, 0.2) is 6.40 Å². The van der Waals surface area contributed by atoms with Crippen LogP contribution in [0.1, 0.15) is 38.8 Å². The second kappa shape index (κ2) is 6.63. The van der Waals surface area contributed by atoms with E-state index < -0.39 is 29.2 Å². The molecule has 0 bridgehead atoms. The molecule has 0 amide bonds. The highest BCUT2D eigenvalue weighted by atomic mass is 16.6. The molecule has 2 atom stereocenters. The molecule has 0 N–H and O–H groups in total. The summed E-state index contributed by atoms with van der Waals surface area (Å²) in [5, 5.41) is 0. The molecular weight excluding hydrogens is 310 g/mol. The molecule has 130 valence electrons. The first-order valence-electron chi connectivity index (χ1n) is 7.87. The molecule has 0 aromatic heterocycles. The standard InChI is InChI=1S/C18H23NO5/c1-6-22-16(21)18(13-9-7-8-12(2)10-13)14(19-11-23-18)15(20)24-17(3,4)5/h7-11,14H,6H2,1-5H3/t14-,18-/m0/s1. The molecule has 2 rings (SSSR count). The zero-order valence-corrected chi connectivity index (χ0v) is 14.7. The Hall–Kier alpha value is -2.37. The number of aryl methyl sites for hydroxylation is 1. The summed E-state index contributed by atoms with van der Waals surface area (Å²) in [6.07, 6.45) is 1.12. The fourth-order valence-electron chi connectivity index (χ4n) is 2.55. The molecule has 0 spiro atoms. The number of carbonyl (C=O) groups excluding carboxylic acids is 2. The molecule has 0 saturated carbocycles. The molecule has 0 saturated heterocycles. The van der Waals surface area contributed by atoms with Gasteiger partial charge >= 0.3 is 11.9 Å². The van der Waals surface area contributed by atoms with Crippen LogP contribution in [-0.4, -0.2) is 36.6 Å². The van der Waals surface area contributed by atoms with Crippen LogP contribution in [0.3, 0.4) is 0 Å². The van der Waals surface area contributed by atoms with Crippen molar-refractivity contribution < 1.29 is 23.8 Å². The molecule has 0 radical (unpaired) electrons. The van der Waals surface area contributed by atoms with Crippen LogP contribution in [0.4, 0.5) is 0 Å². The SMILES string of the molecule is CCOC(=O)[C@@]1(c2cccc(C)c2)OC=N[C@H]1C(=O)OC(C)(C)C. The fourth-order valence-corrected chi connectivity index (χ4v) is 2.55. The molecular formula is C18H23NO5. The number of hydrogen-bond acceptors (Lipinski definition) is 6. The second-order valence-corrected chi connectivity index (χ2v) is 6.63. The summed E-state index contributed by atoms with van der Waals surface area (Å²) in [5.74, 6) is -1.30. The van der Waals surface area contributed by atoms with E-state index in [-0.39, 0.29) is 6.61 Å². The van der Waals surface area contributed by atoms with Crippen molar-refractivity contribution in [2.75, 3.05) is 6.61 Å². The zero-order valence-electron chi connectivity index (χ0n) is 14.7. The van der Waals surface area contributed by atoms with Gasteiger partial charge in [0.25, 0.3) is 5.60 Å². The molecule has 1 aliphatic heterocycles. The Bertz CT molecular complexity index is 662. The fraction of sp³-hybridized carbons (Fsp3) is 0.500. The largest absolute Gasteiger partial charge is 0.463 e. The Balaban J connectivity index is 2.50. The van der Waals surface area contributed by atoms with Gasteiger partial charge in [0.2, 0.25) is 6.04 Å². The van der Waals surface area contributed by atoms with Crippen LogP contribution < -0.4 is 0 Å². The number of nitrogens with zero attached hydrogens (tertiary/aromatic N) is 1. The molecule has 24 heavy (non-hydrogen) atoms. The molecule has 1 aromatic rings. The molecule has 6 heteroatoms. The highest BCUT2D eigenvalue weighted by Gasteiger charge is 2.58. The van der Waals surface area contributed by atoms with E-state index in [4.69, 9.17) is 14.2 Å². The van der Waals surface area contributed by atoms with Gasteiger partial charge in [0, 0.05) is 5.56 Å². The van der Waals surface area contributed by atoms with Crippen molar-refractivity contribution in [1.29, 1.82) is 0 Å². The van der Waals surface area contributed by atoms with Crippen molar-refractivity contribution in [2.24, 2.45) is 4.99 Å². The molecule has 6 nitrogen and oxygen atoms in total. The number of aliphatic imine (C=N–C) groups is 1. The average Bonchev–Trinajstić information content (AvgIpc) is 2.91. The van der Waals surface area contributed by atoms with Crippen LogP contribution in [0.25, 0.3) is 0 Å². The number of carbonyl (C=O) groups is 2. The maximum absolute atomic E-state index is 12.7. The van der Waals surface area contributed by atoms with E-state index in [1.807, 2.05) is 13.0 Å². The lowest BCUT2D eigenvalue weighted by atomic mass is 9.85. The topological polar surface area (TPSA) is 74.2 Å². The summed E-state index contributed by atoms with van der Waals surface area (Å²) in [4.78, 5) is 29.4. The number of esters is 2. The van der Waals surface area contributed by atoms with Crippen LogP contribution in [0.2, 0.25) is 0 Å². The van der Waals surface area contributed by atoms with Crippen molar-refractivity contribution in [3.63, 3.8) is 0 Å². The Morgan fingerprint density at radius 1 is 1.33 bits per heavy atom. The third-order valence-electron chi connectivity index (χ3n) is 3.49. The lowest BCUT2D eigenvalue weighted by molar-refractivity contribution is -0.175. The van der Waals surface area contributed by atoms with Crippen LogP contribution in [-0.2, 0) is 29.4 Å². The summed E-state index contributed by atoms with van der Waals surface area (Å²) in [6.45, 7) is 9.01. The van der Waals surface area contributed by atoms with Crippen molar-refractivity contribution in [2.45, 2.75) is 51.9 Å². The van der Waals surface area contributed by atoms with Gasteiger partial charge in [-0.05, 0) is 34.6 Å². The monoisotopic (exact) mass is 333 g/mol. The first kappa shape index (κ1) is 18.0. The van der Waals surface area contributed by atoms with E-state index in [0.717, 1.165) is 12.0 Å². The van der Waals surface area contributed by atoms with Crippen molar-refractivity contribution in [3.05, 3.63) is 35.4 Å². The van der Waals surface area contributed by atoms with Gasteiger partial charge in [-0.25, -0.2) is 14.6 Å². The van der Waals surface area contributed by atoms with Crippen LogP contribution in [0.5, 0.6) is 0 Å². The average molecular weight is 333 g/mol. The summed E-state index contributed by atoms with van der Waals surface area (Å²) in [7, 11) is 0. The van der Waals surface area contributed by atoms with Gasteiger partial charge in [-0.2, -0.15) is 0 Å². The first-order chi connectivity index (χ1) is 11.2. The van der Waals surface area contributed by atoms with E-state index in [0.29, 0.717) is 5.56 Å². The third kappa shape index (κ3) is 3.42. The molecule has 0 unspecified atom stereocenters. The van der Waals surface area contributed by atoms with E-state index in [1.165, 1.54) is 0 Å². The Morgan fingerprint density at radius 3 is 2.62 bits per heavy atom. The van der Waals surface area contributed by atoms with Gasteiger partial charge < -0.3 is 14.2 Å². The minimum absolute atomic E-state index is 0.163. The van der Waals surface area contributed by atoms with Crippen molar-refractivity contribution >= 4 is 18.3 Å². The maximum atomic E-state index is 12.7. The van der Waals surface area contributed by atoms with Crippen LogP contribution in [0.15, 0.2) is 29.3 Å². The molecule has 0 aliphatic carbocycles. The van der Waals surface area contributed by atoms with Crippen LogP contribution in [0, 0.1) is 6.92 Å². The quantitative estimate of drug-likeness (QED) is 0.792. The van der Waals surface area contributed by atoms with Gasteiger partial charge in [-0.15, -0.1) is 0 Å². The minimum Gasteiger partial charge on any atom is -0.463 e. The van der Waals surface area contributed by atoms with Crippen molar-refractivity contribution in [3.8, 4) is 0 Å². The zero-order chi connectivity index (χ0) is 18.0. The summed E-state index contributed by atoms with van der Waals surface area (Å²) in [5.41, 5.74) is -0.934. The van der Waals surface area contributed by atoms with E-state index in [9.17, 15) is 9.59 Å². The lowest BCUT2D eigenvalue weighted by Gasteiger charge is -2.31. The van der Waals surface area contributed by atoms with E-state index in [2.05, 4.69) is 4.99 Å². The number of benzene rings is 1. The number of ether oxygens (including phenoxy) is 3. The highest BCUT2D eigenvalue weighted by molar-refractivity contribution is 5.94. The van der Waals surface area contributed by atoms with Gasteiger partial charge in [-0.3, -0.25) is 0 Å². The second-order valence-electron chi connectivity index (χ2n) is 6.63. The van der Waals surface area contributed by atoms with E-state index >= 15 is 0 Å². The smallest absolute Gasteiger partial charge is 0.358 e. The summed E-state index contributed by atoms with van der Waals surface area (Å²) < 4.78 is 16.2. The van der Waals surface area contributed by atoms with Gasteiger partial charge in [0.05, 0.1) is 6.61 Å². The maximum Gasteiger partial charge on any atom is 0.358 e. The minimum atomic E-state index is -1.66. The molecule has 1 aromatic carbocycles. The Morgan fingerprint density at radius 2 is 2.04 bits per heavy atom.